The second-order valence-electron chi connectivity index (χ2n) is 4.67. The summed E-state index contributed by atoms with van der Waals surface area (Å²) in [4.78, 5) is 17.7. The van der Waals surface area contributed by atoms with Crippen molar-refractivity contribution in [2.75, 3.05) is 19.5 Å². The number of benzene rings is 1. The van der Waals surface area contributed by atoms with Crippen molar-refractivity contribution >= 4 is 45.9 Å². The van der Waals surface area contributed by atoms with Gasteiger partial charge in [0.25, 0.3) is 5.91 Å². The van der Waals surface area contributed by atoms with Gasteiger partial charge in [0.1, 0.15) is 10.7 Å². The minimum absolute atomic E-state index is 0.285. The van der Waals surface area contributed by atoms with Gasteiger partial charge < -0.3 is 14.8 Å². The highest BCUT2D eigenvalue weighted by Crippen LogP contribution is 2.33. The number of ether oxygens (including phenoxy) is 2. The molecule has 0 aliphatic rings. The lowest BCUT2D eigenvalue weighted by atomic mass is 10.2. The first-order valence-corrected chi connectivity index (χ1v) is 8.92. The summed E-state index contributed by atoms with van der Waals surface area (Å²) < 4.78 is 11.1. The Bertz CT molecular complexity index is 876. The molecule has 3 aromatic rings. The largest absolute Gasteiger partial charge is 0.493 e. The van der Waals surface area contributed by atoms with Crippen LogP contribution in [0.15, 0.2) is 35.7 Å². The Balaban J connectivity index is 1.77. The summed E-state index contributed by atoms with van der Waals surface area (Å²) in [5, 5.41) is 5.29. The number of halogens is 1. The predicted octanol–water partition coefficient (Wildman–Crippen LogP) is 4.79. The summed E-state index contributed by atoms with van der Waals surface area (Å²) in [6.07, 6.45) is 0. The van der Waals surface area contributed by atoms with Crippen molar-refractivity contribution in [3.63, 3.8) is 0 Å². The molecule has 2 aromatic heterocycles. The number of amides is 1. The Morgan fingerprint density at radius 2 is 1.96 bits per heavy atom. The fourth-order valence-corrected chi connectivity index (χ4v) is 3.94. The topological polar surface area (TPSA) is 60.5 Å². The van der Waals surface area contributed by atoms with E-state index in [2.05, 4.69) is 10.3 Å². The van der Waals surface area contributed by atoms with E-state index in [4.69, 9.17) is 21.1 Å². The summed E-state index contributed by atoms with van der Waals surface area (Å²) in [6, 6.07) is 8.87. The third-order valence-corrected chi connectivity index (χ3v) is 5.40. The highest BCUT2D eigenvalue weighted by Gasteiger charge is 2.14. The summed E-state index contributed by atoms with van der Waals surface area (Å²) in [5.74, 6) is 0.857. The van der Waals surface area contributed by atoms with Crippen molar-refractivity contribution in [1.82, 2.24) is 4.98 Å². The number of aromatic nitrogens is 1. The molecule has 1 N–H and O–H groups in total. The molecule has 0 saturated heterocycles. The molecule has 0 radical (unpaired) electrons. The lowest BCUT2D eigenvalue weighted by Crippen LogP contribution is -2.12. The zero-order valence-electron chi connectivity index (χ0n) is 12.8. The minimum atomic E-state index is -0.285. The molecule has 0 unspecified atom stereocenters. The maximum absolute atomic E-state index is 12.4. The number of methoxy groups -OCH3 is 2. The quantitative estimate of drug-likeness (QED) is 0.691. The van der Waals surface area contributed by atoms with Crippen LogP contribution in [0.25, 0.3) is 9.88 Å². The fraction of sp³-hybridized carbons (Fsp3) is 0.125. The van der Waals surface area contributed by atoms with E-state index in [9.17, 15) is 4.79 Å². The Hall–Kier alpha value is -2.09. The normalized spacial score (nSPS) is 10.5. The number of hydrogen-bond donors (Lipinski definition) is 1. The van der Waals surface area contributed by atoms with Crippen molar-refractivity contribution in [2.45, 2.75) is 0 Å². The zero-order valence-corrected chi connectivity index (χ0v) is 15.2. The van der Waals surface area contributed by atoms with Crippen molar-refractivity contribution in [3.05, 3.63) is 45.7 Å². The SMILES string of the molecule is COc1ccc(NC(=O)c2csc(-c3ccc(Cl)s3)n2)cc1OC. The Morgan fingerprint density at radius 1 is 1.17 bits per heavy atom. The average Bonchev–Trinajstić information content (AvgIpc) is 3.23. The number of hydrogen-bond acceptors (Lipinski definition) is 6. The molecule has 1 amide bonds. The number of carbonyl (C=O) groups excluding carboxylic acids is 1. The van der Waals surface area contributed by atoms with Crippen molar-refractivity contribution in [3.8, 4) is 21.4 Å². The van der Waals surface area contributed by atoms with Crippen molar-refractivity contribution in [1.29, 1.82) is 0 Å². The highest BCUT2D eigenvalue weighted by atomic mass is 35.5. The Labute approximate surface area is 151 Å². The maximum Gasteiger partial charge on any atom is 0.275 e. The molecule has 3 rings (SSSR count). The first kappa shape index (κ1) is 16.8. The van der Waals surface area contributed by atoms with Gasteiger partial charge in [-0.3, -0.25) is 4.79 Å². The van der Waals surface area contributed by atoms with Gasteiger partial charge in [0.2, 0.25) is 0 Å². The van der Waals surface area contributed by atoms with Crippen LogP contribution < -0.4 is 14.8 Å². The van der Waals surface area contributed by atoms with Gasteiger partial charge in [0, 0.05) is 17.1 Å². The molecule has 0 aliphatic carbocycles. The van der Waals surface area contributed by atoms with E-state index in [0.717, 1.165) is 9.88 Å². The molecule has 1 aromatic carbocycles. The fourth-order valence-electron chi connectivity index (χ4n) is 2.03. The van der Waals surface area contributed by atoms with Crippen molar-refractivity contribution in [2.24, 2.45) is 0 Å². The summed E-state index contributed by atoms with van der Waals surface area (Å²) in [5.41, 5.74) is 0.959. The van der Waals surface area contributed by atoms with E-state index in [1.54, 1.807) is 37.8 Å². The van der Waals surface area contributed by atoms with Gasteiger partial charge in [-0.05, 0) is 24.3 Å². The molecule has 124 valence electrons. The van der Waals surface area contributed by atoms with Gasteiger partial charge in [0.05, 0.1) is 23.4 Å². The van der Waals surface area contributed by atoms with Crippen LogP contribution in [-0.2, 0) is 0 Å². The number of nitrogens with zero attached hydrogens (tertiary/aromatic N) is 1. The van der Waals surface area contributed by atoms with E-state index in [1.165, 1.54) is 22.7 Å². The second kappa shape index (κ2) is 7.21. The lowest BCUT2D eigenvalue weighted by molar-refractivity contribution is 0.102. The van der Waals surface area contributed by atoms with Crippen LogP contribution in [-0.4, -0.2) is 25.1 Å². The number of nitrogens with one attached hydrogen (secondary N) is 1. The zero-order chi connectivity index (χ0) is 17.1. The first-order chi connectivity index (χ1) is 11.6. The third-order valence-electron chi connectivity index (χ3n) is 3.16. The molecular formula is C16H13ClN2O3S2. The van der Waals surface area contributed by atoms with Crippen LogP contribution in [0.1, 0.15) is 10.5 Å². The average molecular weight is 381 g/mol. The highest BCUT2D eigenvalue weighted by molar-refractivity contribution is 7.23. The molecule has 0 spiro atoms. The van der Waals surface area contributed by atoms with E-state index < -0.39 is 0 Å². The van der Waals surface area contributed by atoms with Gasteiger partial charge in [-0.1, -0.05) is 11.6 Å². The van der Waals surface area contributed by atoms with Gasteiger partial charge in [-0.15, -0.1) is 22.7 Å². The summed E-state index contributed by atoms with van der Waals surface area (Å²) >= 11 is 8.77. The molecule has 0 atom stereocenters. The maximum atomic E-state index is 12.4. The smallest absolute Gasteiger partial charge is 0.275 e. The van der Waals surface area contributed by atoms with Gasteiger partial charge in [0.15, 0.2) is 11.5 Å². The van der Waals surface area contributed by atoms with Crippen molar-refractivity contribution < 1.29 is 14.3 Å². The van der Waals surface area contributed by atoms with Crippen LogP contribution in [0.4, 0.5) is 5.69 Å². The lowest BCUT2D eigenvalue weighted by Gasteiger charge is -2.09. The van der Waals surface area contributed by atoms with E-state index in [0.29, 0.717) is 27.2 Å². The molecular weight excluding hydrogens is 368 g/mol. The monoisotopic (exact) mass is 380 g/mol. The summed E-state index contributed by atoms with van der Waals surface area (Å²) in [6.45, 7) is 0. The molecule has 0 aliphatic heterocycles. The Morgan fingerprint density at radius 3 is 2.62 bits per heavy atom. The molecule has 2 heterocycles. The van der Waals surface area contributed by atoms with Crippen LogP contribution in [0.2, 0.25) is 4.34 Å². The molecule has 5 nitrogen and oxygen atoms in total. The molecule has 8 heteroatoms. The van der Waals surface area contributed by atoms with Crippen LogP contribution in [0.5, 0.6) is 11.5 Å². The number of thiophene rings is 1. The first-order valence-electron chi connectivity index (χ1n) is 6.85. The van der Waals surface area contributed by atoms with Crippen LogP contribution in [0, 0.1) is 0 Å². The van der Waals surface area contributed by atoms with Gasteiger partial charge in [-0.2, -0.15) is 0 Å². The van der Waals surface area contributed by atoms with Crippen LogP contribution >= 0.6 is 34.3 Å². The minimum Gasteiger partial charge on any atom is -0.493 e. The van der Waals surface area contributed by atoms with Gasteiger partial charge >= 0.3 is 0 Å². The Kier molecular flexibility index (Phi) is 5.03. The van der Waals surface area contributed by atoms with E-state index >= 15 is 0 Å². The van der Waals surface area contributed by atoms with E-state index in [-0.39, 0.29) is 5.91 Å². The molecule has 0 fully saturated rings. The van der Waals surface area contributed by atoms with Gasteiger partial charge in [-0.25, -0.2) is 4.98 Å². The number of rotatable bonds is 5. The summed E-state index contributed by atoms with van der Waals surface area (Å²) in [7, 11) is 3.10. The molecule has 0 saturated carbocycles. The standard InChI is InChI=1S/C16H13ClN2O3S2/c1-21-11-4-3-9(7-12(11)22-2)18-15(20)10-8-23-16(19-10)13-5-6-14(17)24-13/h3-8H,1-2H3,(H,18,20). The van der Waals surface area contributed by atoms with Crippen LogP contribution in [0.3, 0.4) is 0 Å². The van der Waals surface area contributed by atoms with E-state index in [1.807, 2.05) is 12.1 Å². The third kappa shape index (κ3) is 3.53. The number of anilines is 1. The number of carbonyl (C=O) groups is 1. The molecule has 24 heavy (non-hydrogen) atoms. The number of thiazole rings is 1. The predicted molar refractivity (Wildman–Crippen MR) is 97.9 cm³/mol. The second-order valence-corrected chi connectivity index (χ2v) is 7.24. The molecule has 0 bridgehead atoms.